The van der Waals surface area contributed by atoms with Gasteiger partial charge in [-0.1, -0.05) is 12.1 Å². The van der Waals surface area contributed by atoms with Crippen molar-refractivity contribution in [3.05, 3.63) is 83.9 Å². The number of alkyl halides is 3. The number of hydrogen-bond donors (Lipinski definition) is 1. The van der Waals surface area contributed by atoms with E-state index in [0.29, 0.717) is 23.8 Å². The van der Waals surface area contributed by atoms with Crippen LogP contribution in [0.5, 0.6) is 11.5 Å². The first kappa shape index (κ1) is 26.6. The molecule has 1 saturated heterocycles. The number of fused-ring (bicyclic) bond motifs is 1. The molecule has 0 aliphatic carbocycles. The molecule has 1 amide bonds. The third kappa shape index (κ3) is 5.73. The van der Waals surface area contributed by atoms with Gasteiger partial charge in [-0.2, -0.15) is 17.5 Å². The molecular formula is C26H21F4N3O5S. The molecule has 0 bridgehead atoms. The van der Waals surface area contributed by atoms with Gasteiger partial charge < -0.3 is 14.5 Å². The number of sulfonamides is 1. The molecule has 1 aliphatic rings. The van der Waals surface area contributed by atoms with Gasteiger partial charge in [-0.3, -0.25) is 9.78 Å². The first-order valence-electron chi connectivity index (χ1n) is 11.8. The summed E-state index contributed by atoms with van der Waals surface area (Å²) in [4.78, 5) is 16.2. The van der Waals surface area contributed by atoms with Crippen LogP contribution in [0.3, 0.4) is 0 Å². The minimum absolute atomic E-state index is 0.0319. The zero-order valence-electron chi connectivity index (χ0n) is 20.1. The molecule has 0 saturated carbocycles. The molecule has 0 spiro atoms. The summed E-state index contributed by atoms with van der Waals surface area (Å²) in [5.41, 5.74) is -0.197. The van der Waals surface area contributed by atoms with Gasteiger partial charge in [-0.15, -0.1) is 0 Å². The van der Waals surface area contributed by atoms with E-state index in [2.05, 4.69) is 10.3 Å². The summed E-state index contributed by atoms with van der Waals surface area (Å²) in [6, 6.07) is 12.4. The third-order valence-electron chi connectivity index (χ3n) is 6.17. The maximum absolute atomic E-state index is 13.5. The third-order valence-corrected chi connectivity index (χ3v) is 7.94. The summed E-state index contributed by atoms with van der Waals surface area (Å²) in [7, 11) is -4.15. The van der Waals surface area contributed by atoms with Crippen molar-refractivity contribution < 1.29 is 39.9 Å². The number of carbonyl (C=O) groups excluding carboxylic acids is 1. The number of pyridine rings is 1. The fourth-order valence-electron chi connectivity index (χ4n) is 4.27. The highest BCUT2D eigenvalue weighted by Gasteiger charge is 2.41. The van der Waals surface area contributed by atoms with Crippen LogP contribution in [0.2, 0.25) is 0 Å². The van der Waals surface area contributed by atoms with Crippen LogP contribution in [0, 0.1) is 5.82 Å². The van der Waals surface area contributed by atoms with Gasteiger partial charge in [0.25, 0.3) is 10.0 Å². The highest BCUT2D eigenvalue weighted by atomic mass is 32.2. The number of carbonyl (C=O) groups is 1. The lowest BCUT2D eigenvalue weighted by atomic mass is 10.2. The minimum atomic E-state index is -4.60. The molecule has 1 atom stereocenters. The zero-order valence-corrected chi connectivity index (χ0v) is 20.9. The quantitative estimate of drug-likeness (QED) is 0.309. The summed E-state index contributed by atoms with van der Waals surface area (Å²) in [6.45, 7) is 0.212. The Kier molecular flexibility index (Phi) is 7.03. The van der Waals surface area contributed by atoms with E-state index >= 15 is 0 Å². The summed E-state index contributed by atoms with van der Waals surface area (Å²) >= 11 is 0. The fraction of sp³-hybridized carbons (Fsp3) is 0.231. The number of halogens is 4. The van der Waals surface area contributed by atoms with Gasteiger partial charge in [0.15, 0.2) is 0 Å². The lowest BCUT2D eigenvalue weighted by Crippen LogP contribution is -2.45. The van der Waals surface area contributed by atoms with Crippen molar-refractivity contribution in [2.24, 2.45) is 0 Å². The number of rotatable bonds is 7. The monoisotopic (exact) mass is 563 g/mol. The lowest BCUT2D eigenvalue weighted by Gasteiger charge is -2.22. The van der Waals surface area contributed by atoms with E-state index in [9.17, 15) is 30.8 Å². The molecule has 1 fully saturated rings. The number of aromatic nitrogens is 1. The molecule has 2 aromatic heterocycles. The number of hydrogen-bond acceptors (Lipinski definition) is 6. The second-order valence-corrected chi connectivity index (χ2v) is 10.7. The zero-order chi connectivity index (χ0) is 27.8. The topological polar surface area (TPSA) is 102 Å². The van der Waals surface area contributed by atoms with Crippen molar-refractivity contribution in [3.8, 4) is 11.5 Å². The summed E-state index contributed by atoms with van der Waals surface area (Å²) in [6.07, 6.45) is -2.80. The average Bonchev–Trinajstić information content (AvgIpc) is 3.56. The standard InChI is InChI=1S/C26H21F4N3O5S/c27-18-5-8-22-17(12-18)13-24(38-22)39(35,36)33-11-1-2-21(33)25(34)32-15-16-3-6-19(7-4-16)37-20-9-10-31-23(14-20)26(28,29)30/h3-10,12-14,21H,1-2,11,15H2,(H,32,34). The van der Waals surface area contributed by atoms with E-state index in [0.717, 1.165) is 22.6 Å². The van der Waals surface area contributed by atoms with Crippen molar-refractivity contribution in [2.45, 2.75) is 36.7 Å². The first-order chi connectivity index (χ1) is 18.5. The molecule has 5 rings (SSSR count). The predicted octanol–water partition coefficient (Wildman–Crippen LogP) is 5.25. The molecule has 39 heavy (non-hydrogen) atoms. The minimum Gasteiger partial charge on any atom is -0.457 e. The highest BCUT2D eigenvalue weighted by molar-refractivity contribution is 7.89. The van der Waals surface area contributed by atoms with E-state index in [-0.39, 0.29) is 35.3 Å². The van der Waals surface area contributed by atoms with Gasteiger partial charge in [0.1, 0.15) is 34.6 Å². The Morgan fingerprint density at radius 1 is 1.08 bits per heavy atom. The van der Waals surface area contributed by atoms with Crippen molar-refractivity contribution in [2.75, 3.05) is 6.54 Å². The van der Waals surface area contributed by atoms with Crippen LogP contribution in [0.15, 0.2) is 76.4 Å². The van der Waals surface area contributed by atoms with E-state index in [1.165, 1.54) is 36.4 Å². The molecule has 1 aliphatic heterocycles. The Bertz CT molecular complexity index is 1620. The van der Waals surface area contributed by atoms with Gasteiger partial charge in [0.2, 0.25) is 11.0 Å². The Morgan fingerprint density at radius 3 is 2.59 bits per heavy atom. The molecular weight excluding hydrogens is 542 g/mol. The number of nitrogens with zero attached hydrogens (tertiary/aromatic N) is 2. The normalized spacial score (nSPS) is 16.5. The van der Waals surface area contributed by atoms with Gasteiger partial charge >= 0.3 is 6.18 Å². The van der Waals surface area contributed by atoms with Crippen molar-refractivity contribution in [1.82, 2.24) is 14.6 Å². The largest absolute Gasteiger partial charge is 0.457 e. The average molecular weight is 564 g/mol. The molecule has 0 radical (unpaired) electrons. The predicted molar refractivity (Wildman–Crippen MR) is 131 cm³/mol. The number of amides is 1. The number of ether oxygens (including phenoxy) is 1. The summed E-state index contributed by atoms with van der Waals surface area (Å²) in [5, 5.41) is 2.65. The molecule has 1 N–H and O–H groups in total. The number of benzene rings is 2. The second-order valence-electron chi connectivity index (χ2n) is 8.86. The van der Waals surface area contributed by atoms with Crippen LogP contribution in [0.4, 0.5) is 17.6 Å². The summed E-state index contributed by atoms with van der Waals surface area (Å²) < 4.78 is 90.5. The first-order valence-corrected chi connectivity index (χ1v) is 13.2. The SMILES string of the molecule is O=C(NCc1ccc(Oc2ccnc(C(F)(F)F)c2)cc1)C1CCCN1S(=O)(=O)c1cc2cc(F)ccc2o1. The molecule has 2 aromatic carbocycles. The maximum atomic E-state index is 13.5. The smallest absolute Gasteiger partial charge is 0.433 e. The summed E-state index contributed by atoms with van der Waals surface area (Å²) in [5.74, 6) is -0.771. The number of furan rings is 1. The van der Waals surface area contributed by atoms with Gasteiger partial charge in [-0.25, -0.2) is 12.8 Å². The molecule has 3 heterocycles. The van der Waals surface area contributed by atoms with E-state index in [1.54, 1.807) is 12.1 Å². The fourth-order valence-corrected chi connectivity index (χ4v) is 5.88. The van der Waals surface area contributed by atoms with Crippen molar-refractivity contribution in [3.63, 3.8) is 0 Å². The van der Waals surface area contributed by atoms with E-state index in [4.69, 9.17) is 9.15 Å². The maximum Gasteiger partial charge on any atom is 0.433 e. The molecule has 13 heteroatoms. The van der Waals surface area contributed by atoms with Crippen LogP contribution < -0.4 is 10.1 Å². The lowest BCUT2D eigenvalue weighted by molar-refractivity contribution is -0.141. The van der Waals surface area contributed by atoms with Gasteiger partial charge in [0.05, 0.1) is 0 Å². The highest BCUT2D eigenvalue weighted by Crippen LogP contribution is 2.32. The van der Waals surface area contributed by atoms with Gasteiger partial charge in [-0.05, 0) is 54.8 Å². The van der Waals surface area contributed by atoms with Crippen LogP contribution in [-0.4, -0.2) is 36.2 Å². The van der Waals surface area contributed by atoms with Crippen molar-refractivity contribution >= 4 is 26.9 Å². The Morgan fingerprint density at radius 2 is 1.85 bits per heavy atom. The van der Waals surface area contributed by atoms with Crippen LogP contribution in [-0.2, 0) is 27.5 Å². The molecule has 1 unspecified atom stereocenters. The van der Waals surface area contributed by atoms with Crippen molar-refractivity contribution in [1.29, 1.82) is 0 Å². The Balaban J connectivity index is 1.22. The molecule has 4 aromatic rings. The number of nitrogens with one attached hydrogen (secondary N) is 1. The second kappa shape index (κ2) is 10.3. The Labute approximate surface area is 220 Å². The van der Waals surface area contributed by atoms with Gasteiger partial charge in [0, 0.05) is 36.8 Å². The van der Waals surface area contributed by atoms with E-state index in [1.807, 2.05) is 0 Å². The molecule has 204 valence electrons. The Hall–Kier alpha value is -3.97. The van der Waals surface area contributed by atoms with Crippen LogP contribution >= 0.6 is 0 Å². The molecule has 8 nitrogen and oxygen atoms in total. The van der Waals surface area contributed by atoms with E-state index < -0.39 is 39.7 Å². The van der Waals surface area contributed by atoms with Crippen LogP contribution in [0.1, 0.15) is 24.1 Å². The van der Waals surface area contributed by atoms with Crippen LogP contribution in [0.25, 0.3) is 11.0 Å².